The first-order chi connectivity index (χ1) is 11.3. The second-order valence-corrected chi connectivity index (χ2v) is 5.42. The van der Waals surface area contributed by atoms with Crippen molar-refractivity contribution in [3.8, 4) is 11.5 Å². The van der Waals surface area contributed by atoms with E-state index in [1.54, 1.807) is 19.4 Å². The van der Waals surface area contributed by atoms with Crippen molar-refractivity contribution < 1.29 is 9.84 Å². The van der Waals surface area contributed by atoms with Crippen LogP contribution in [-0.2, 0) is 0 Å². The summed E-state index contributed by atoms with van der Waals surface area (Å²) in [5.74, 6) is 0.588. The van der Waals surface area contributed by atoms with Crippen molar-refractivity contribution in [2.24, 2.45) is 5.10 Å². The predicted molar refractivity (Wildman–Crippen MR) is 92.5 cm³/mol. The molecule has 1 saturated heterocycles. The van der Waals surface area contributed by atoms with Gasteiger partial charge in [0.15, 0.2) is 11.5 Å². The Morgan fingerprint density at radius 3 is 2.43 bits per heavy atom. The van der Waals surface area contributed by atoms with Crippen LogP contribution in [0.25, 0.3) is 0 Å². The highest BCUT2D eigenvalue weighted by Crippen LogP contribution is 2.28. The molecule has 1 fully saturated rings. The predicted octanol–water partition coefficient (Wildman–Crippen LogP) is 2.56. The molecule has 0 bridgehead atoms. The third-order valence-electron chi connectivity index (χ3n) is 3.99. The number of hydrazone groups is 1. The van der Waals surface area contributed by atoms with Gasteiger partial charge in [-0.15, -0.1) is 0 Å². The normalized spacial score (nSPS) is 15.2. The number of piperazine rings is 1. The Balaban J connectivity index is 1.61. The summed E-state index contributed by atoms with van der Waals surface area (Å²) in [6, 6.07) is 15.8. The van der Waals surface area contributed by atoms with Gasteiger partial charge in [0, 0.05) is 24.3 Å². The Morgan fingerprint density at radius 1 is 1.00 bits per heavy atom. The van der Waals surface area contributed by atoms with Gasteiger partial charge in [-0.1, -0.05) is 24.3 Å². The third kappa shape index (κ3) is 3.56. The molecule has 0 aromatic heterocycles. The molecular formula is C18H21N3O2. The van der Waals surface area contributed by atoms with E-state index in [4.69, 9.17) is 4.74 Å². The second-order valence-electron chi connectivity index (χ2n) is 5.42. The molecule has 5 heteroatoms. The largest absolute Gasteiger partial charge is 0.504 e. The first kappa shape index (κ1) is 15.2. The van der Waals surface area contributed by atoms with Crippen LogP contribution in [-0.4, -0.2) is 49.6 Å². The fourth-order valence-corrected chi connectivity index (χ4v) is 2.66. The van der Waals surface area contributed by atoms with Crippen LogP contribution in [0.4, 0.5) is 5.69 Å². The zero-order valence-corrected chi connectivity index (χ0v) is 13.2. The lowest BCUT2D eigenvalue weighted by atomic mass is 10.2. The topological polar surface area (TPSA) is 48.3 Å². The Hall–Kier alpha value is -2.69. The molecule has 0 unspecified atom stereocenters. The van der Waals surface area contributed by atoms with Crippen LogP contribution in [0.2, 0.25) is 0 Å². The van der Waals surface area contributed by atoms with E-state index in [0.29, 0.717) is 11.3 Å². The first-order valence-electron chi connectivity index (χ1n) is 7.73. The van der Waals surface area contributed by atoms with Crippen molar-refractivity contribution in [3.63, 3.8) is 0 Å². The zero-order valence-electron chi connectivity index (χ0n) is 13.2. The minimum Gasteiger partial charge on any atom is -0.504 e. The molecule has 0 atom stereocenters. The summed E-state index contributed by atoms with van der Waals surface area (Å²) >= 11 is 0. The van der Waals surface area contributed by atoms with E-state index in [1.807, 2.05) is 23.2 Å². The molecule has 0 aliphatic carbocycles. The molecule has 120 valence electrons. The molecule has 3 rings (SSSR count). The number of hydrogen-bond acceptors (Lipinski definition) is 5. The van der Waals surface area contributed by atoms with E-state index in [1.165, 1.54) is 5.69 Å². The summed E-state index contributed by atoms with van der Waals surface area (Å²) in [5.41, 5.74) is 1.91. The van der Waals surface area contributed by atoms with E-state index >= 15 is 0 Å². The monoisotopic (exact) mass is 311 g/mol. The van der Waals surface area contributed by atoms with Gasteiger partial charge in [0.05, 0.1) is 26.4 Å². The Bertz CT molecular complexity index is 665. The smallest absolute Gasteiger partial charge is 0.166 e. The fraction of sp³-hybridized carbons (Fsp3) is 0.278. The highest BCUT2D eigenvalue weighted by atomic mass is 16.5. The van der Waals surface area contributed by atoms with Crippen molar-refractivity contribution >= 4 is 11.9 Å². The molecule has 1 aliphatic rings. The van der Waals surface area contributed by atoms with Gasteiger partial charge in [-0.3, -0.25) is 5.01 Å². The lowest BCUT2D eigenvalue weighted by Crippen LogP contribution is -2.44. The second kappa shape index (κ2) is 7.05. The van der Waals surface area contributed by atoms with Crippen molar-refractivity contribution in [1.82, 2.24) is 5.01 Å². The summed E-state index contributed by atoms with van der Waals surface area (Å²) in [5, 5.41) is 16.6. The summed E-state index contributed by atoms with van der Waals surface area (Å²) in [6.45, 7) is 3.59. The van der Waals surface area contributed by atoms with E-state index in [-0.39, 0.29) is 5.75 Å². The minimum atomic E-state index is 0.127. The van der Waals surface area contributed by atoms with E-state index < -0.39 is 0 Å². The summed E-state index contributed by atoms with van der Waals surface area (Å²) < 4.78 is 5.11. The average Bonchev–Trinajstić information content (AvgIpc) is 2.62. The van der Waals surface area contributed by atoms with Gasteiger partial charge in [0.2, 0.25) is 0 Å². The van der Waals surface area contributed by atoms with E-state index in [9.17, 15) is 5.11 Å². The maximum atomic E-state index is 10.1. The van der Waals surface area contributed by atoms with Crippen LogP contribution < -0.4 is 9.64 Å². The number of phenolic OH excluding ortho intramolecular Hbond substituents is 1. The highest BCUT2D eigenvalue weighted by Gasteiger charge is 2.15. The SMILES string of the molecule is COc1cccc(C=NN2CCN(c3ccccc3)CC2)c1O. The molecule has 0 radical (unpaired) electrons. The van der Waals surface area contributed by atoms with Gasteiger partial charge in [-0.25, -0.2) is 0 Å². The van der Waals surface area contributed by atoms with Gasteiger partial charge in [-0.2, -0.15) is 5.10 Å². The van der Waals surface area contributed by atoms with Crippen LogP contribution in [0, 0.1) is 0 Å². The molecule has 1 heterocycles. The molecular weight excluding hydrogens is 290 g/mol. The Labute approximate surface area is 136 Å². The molecule has 0 spiro atoms. The van der Waals surface area contributed by atoms with Gasteiger partial charge in [0.25, 0.3) is 0 Å². The number of benzene rings is 2. The quantitative estimate of drug-likeness (QED) is 0.882. The average molecular weight is 311 g/mol. The number of phenols is 1. The van der Waals surface area contributed by atoms with Crippen LogP contribution in [0.3, 0.4) is 0 Å². The van der Waals surface area contributed by atoms with Crippen LogP contribution in [0.5, 0.6) is 11.5 Å². The standard InChI is InChI=1S/C18H21N3O2/c1-23-17-9-5-6-15(18(17)22)14-19-21-12-10-20(11-13-21)16-7-3-2-4-8-16/h2-9,14,22H,10-13H2,1H3. The molecule has 2 aromatic rings. The number of nitrogens with zero attached hydrogens (tertiary/aromatic N) is 3. The molecule has 1 N–H and O–H groups in total. The number of ether oxygens (including phenoxy) is 1. The lowest BCUT2D eigenvalue weighted by molar-refractivity contribution is 0.272. The number of anilines is 1. The summed E-state index contributed by atoms with van der Waals surface area (Å²) in [6.07, 6.45) is 1.69. The summed E-state index contributed by atoms with van der Waals surface area (Å²) in [4.78, 5) is 2.36. The number of aromatic hydroxyl groups is 1. The minimum absolute atomic E-state index is 0.127. The summed E-state index contributed by atoms with van der Waals surface area (Å²) in [7, 11) is 1.54. The Kier molecular flexibility index (Phi) is 4.66. The molecule has 0 saturated carbocycles. The molecule has 2 aromatic carbocycles. The van der Waals surface area contributed by atoms with Crippen LogP contribution in [0.15, 0.2) is 53.6 Å². The maximum absolute atomic E-state index is 10.1. The molecule has 23 heavy (non-hydrogen) atoms. The van der Waals surface area contributed by atoms with Crippen LogP contribution >= 0.6 is 0 Å². The third-order valence-corrected chi connectivity index (χ3v) is 3.99. The number of hydrogen-bond donors (Lipinski definition) is 1. The fourth-order valence-electron chi connectivity index (χ4n) is 2.66. The lowest BCUT2D eigenvalue weighted by Gasteiger charge is -2.34. The Morgan fingerprint density at radius 2 is 1.74 bits per heavy atom. The number of rotatable bonds is 4. The molecule has 1 aliphatic heterocycles. The number of para-hydroxylation sites is 2. The number of methoxy groups -OCH3 is 1. The maximum Gasteiger partial charge on any atom is 0.166 e. The van der Waals surface area contributed by atoms with Crippen molar-refractivity contribution in [3.05, 3.63) is 54.1 Å². The molecule has 5 nitrogen and oxygen atoms in total. The van der Waals surface area contributed by atoms with Crippen LogP contribution in [0.1, 0.15) is 5.56 Å². The first-order valence-corrected chi connectivity index (χ1v) is 7.73. The van der Waals surface area contributed by atoms with Gasteiger partial charge in [0.1, 0.15) is 0 Å². The molecule has 0 amide bonds. The van der Waals surface area contributed by atoms with Crippen molar-refractivity contribution in [2.45, 2.75) is 0 Å². The highest BCUT2D eigenvalue weighted by molar-refractivity contribution is 5.84. The zero-order chi connectivity index (χ0) is 16.1. The van der Waals surface area contributed by atoms with E-state index in [0.717, 1.165) is 26.2 Å². The van der Waals surface area contributed by atoms with Crippen molar-refractivity contribution in [1.29, 1.82) is 0 Å². The van der Waals surface area contributed by atoms with Gasteiger partial charge in [-0.05, 0) is 24.3 Å². The van der Waals surface area contributed by atoms with Gasteiger partial charge < -0.3 is 14.7 Å². The van der Waals surface area contributed by atoms with Gasteiger partial charge >= 0.3 is 0 Å². The van der Waals surface area contributed by atoms with Crippen molar-refractivity contribution in [2.75, 3.05) is 38.2 Å². The van der Waals surface area contributed by atoms with E-state index in [2.05, 4.69) is 34.3 Å².